The second-order valence-corrected chi connectivity index (χ2v) is 3.78. The molecule has 82 valence electrons. The lowest BCUT2D eigenvalue weighted by atomic mass is 10.0. The largest absolute Gasteiger partial charge is 0.367 e. The van der Waals surface area contributed by atoms with Crippen molar-refractivity contribution in [3.05, 3.63) is 59.2 Å². The summed E-state index contributed by atoms with van der Waals surface area (Å²) in [4.78, 5) is 14.8. The SMILES string of the molecule is Cc1c[nH]cc1C(=O)Cc1ccc(F)cc1. The molecular weight excluding hydrogens is 205 g/mol. The first-order chi connectivity index (χ1) is 7.66. The van der Waals surface area contributed by atoms with E-state index in [2.05, 4.69) is 4.98 Å². The molecule has 1 aromatic carbocycles. The maximum absolute atomic E-state index is 12.7. The lowest BCUT2D eigenvalue weighted by Crippen LogP contribution is -2.03. The maximum Gasteiger partial charge on any atom is 0.169 e. The van der Waals surface area contributed by atoms with Crippen LogP contribution in [0.25, 0.3) is 0 Å². The highest BCUT2D eigenvalue weighted by molar-refractivity contribution is 5.98. The van der Waals surface area contributed by atoms with Gasteiger partial charge in [0, 0.05) is 24.4 Å². The van der Waals surface area contributed by atoms with Gasteiger partial charge >= 0.3 is 0 Å². The number of carbonyl (C=O) groups is 1. The van der Waals surface area contributed by atoms with E-state index in [-0.39, 0.29) is 11.6 Å². The van der Waals surface area contributed by atoms with E-state index in [1.54, 1.807) is 24.5 Å². The Hall–Kier alpha value is -1.90. The molecule has 16 heavy (non-hydrogen) atoms. The minimum Gasteiger partial charge on any atom is -0.367 e. The minimum absolute atomic E-state index is 0.0466. The quantitative estimate of drug-likeness (QED) is 0.788. The molecule has 0 fully saturated rings. The maximum atomic E-state index is 12.7. The number of Topliss-reactive ketones (excluding diaryl/α,β-unsaturated/α-hetero) is 1. The van der Waals surface area contributed by atoms with Gasteiger partial charge in [-0.05, 0) is 30.2 Å². The zero-order chi connectivity index (χ0) is 11.5. The molecule has 1 aromatic heterocycles. The molecule has 1 heterocycles. The Morgan fingerprint density at radius 2 is 1.94 bits per heavy atom. The van der Waals surface area contributed by atoms with Crippen LogP contribution in [0.1, 0.15) is 21.5 Å². The van der Waals surface area contributed by atoms with Crippen molar-refractivity contribution in [2.45, 2.75) is 13.3 Å². The number of rotatable bonds is 3. The number of carbonyl (C=O) groups excluding carboxylic acids is 1. The Kier molecular flexibility index (Phi) is 2.86. The highest BCUT2D eigenvalue weighted by atomic mass is 19.1. The van der Waals surface area contributed by atoms with Gasteiger partial charge in [0.25, 0.3) is 0 Å². The van der Waals surface area contributed by atoms with Crippen LogP contribution in [0.3, 0.4) is 0 Å². The number of halogens is 1. The van der Waals surface area contributed by atoms with Gasteiger partial charge in [0.05, 0.1) is 0 Å². The van der Waals surface area contributed by atoms with Crippen molar-refractivity contribution in [1.82, 2.24) is 4.98 Å². The van der Waals surface area contributed by atoms with Crippen LogP contribution >= 0.6 is 0 Å². The zero-order valence-corrected chi connectivity index (χ0v) is 8.96. The topological polar surface area (TPSA) is 32.9 Å². The summed E-state index contributed by atoms with van der Waals surface area (Å²) in [7, 11) is 0. The van der Waals surface area contributed by atoms with Crippen LogP contribution < -0.4 is 0 Å². The molecule has 1 N–H and O–H groups in total. The first-order valence-electron chi connectivity index (χ1n) is 5.08. The molecule has 2 aromatic rings. The number of ketones is 1. The lowest BCUT2D eigenvalue weighted by Gasteiger charge is -2.00. The fraction of sp³-hybridized carbons (Fsp3) is 0.154. The van der Waals surface area contributed by atoms with E-state index < -0.39 is 0 Å². The first-order valence-corrected chi connectivity index (χ1v) is 5.08. The minimum atomic E-state index is -0.283. The van der Waals surface area contributed by atoms with Crippen LogP contribution in [0.2, 0.25) is 0 Å². The molecule has 0 bridgehead atoms. The molecule has 0 amide bonds. The van der Waals surface area contributed by atoms with Crippen LogP contribution in [-0.2, 0) is 6.42 Å². The van der Waals surface area contributed by atoms with Crippen LogP contribution in [-0.4, -0.2) is 10.8 Å². The molecule has 0 unspecified atom stereocenters. The third-order valence-electron chi connectivity index (χ3n) is 2.53. The number of benzene rings is 1. The number of nitrogens with one attached hydrogen (secondary N) is 1. The summed E-state index contributed by atoms with van der Waals surface area (Å²) in [6.45, 7) is 1.88. The van der Waals surface area contributed by atoms with Crippen molar-refractivity contribution in [3.63, 3.8) is 0 Å². The van der Waals surface area contributed by atoms with Crippen LogP contribution in [0.4, 0.5) is 4.39 Å². The van der Waals surface area contributed by atoms with Gasteiger partial charge in [-0.1, -0.05) is 12.1 Å². The van der Waals surface area contributed by atoms with E-state index in [1.807, 2.05) is 6.92 Å². The summed E-state index contributed by atoms with van der Waals surface area (Å²) in [6.07, 6.45) is 3.79. The summed E-state index contributed by atoms with van der Waals surface area (Å²) >= 11 is 0. The molecule has 0 aliphatic rings. The standard InChI is InChI=1S/C13H12FNO/c1-9-7-15-8-12(9)13(16)6-10-2-4-11(14)5-3-10/h2-5,7-8,15H,6H2,1H3. The van der Waals surface area contributed by atoms with Gasteiger partial charge in [-0.2, -0.15) is 0 Å². The van der Waals surface area contributed by atoms with Gasteiger partial charge in [0.15, 0.2) is 5.78 Å². The third kappa shape index (κ3) is 2.19. The third-order valence-corrected chi connectivity index (χ3v) is 2.53. The van der Waals surface area contributed by atoms with Crippen molar-refractivity contribution < 1.29 is 9.18 Å². The Balaban J connectivity index is 2.14. The fourth-order valence-corrected chi connectivity index (χ4v) is 1.62. The molecule has 0 aliphatic carbocycles. The summed E-state index contributed by atoms with van der Waals surface area (Å²) in [5.74, 6) is -0.237. The number of aromatic amines is 1. The Morgan fingerprint density at radius 1 is 1.25 bits per heavy atom. The zero-order valence-electron chi connectivity index (χ0n) is 8.96. The molecule has 2 nitrogen and oxygen atoms in total. The summed E-state index contributed by atoms with van der Waals surface area (Å²) < 4.78 is 12.7. The molecule has 0 aliphatic heterocycles. The summed E-state index contributed by atoms with van der Waals surface area (Å²) in [5, 5.41) is 0. The normalized spacial score (nSPS) is 10.4. The van der Waals surface area contributed by atoms with E-state index >= 15 is 0 Å². The second kappa shape index (κ2) is 4.31. The highest BCUT2D eigenvalue weighted by Gasteiger charge is 2.10. The number of aromatic nitrogens is 1. The van der Waals surface area contributed by atoms with Gasteiger partial charge in [0.2, 0.25) is 0 Å². The molecule has 0 saturated heterocycles. The number of hydrogen-bond acceptors (Lipinski definition) is 1. The predicted molar refractivity (Wildman–Crippen MR) is 60.0 cm³/mol. The average molecular weight is 217 g/mol. The van der Waals surface area contributed by atoms with E-state index in [0.717, 1.165) is 11.1 Å². The summed E-state index contributed by atoms with van der Waals surface area (Å²) in [6, 6.07) is 6.00. The second-order valence-electron chi connectivity index (χ2n) is 3.78. The smallest absolute Gasteiger partial charge is 0.169 e. The van der Waals surface area contributed by atoms with Gasteiger partial charge in [0.1, 0.15) is 5.82 Å². The molecule has 0 spiro atoms. The lowest BCUT2D eigenvalue weighted by molar-refractivity contribution is 0.0992. The highest BCUT2D eigenvalue weighted by Crippen LogP contribution is 2.11. The van der Waals surface area contributed by atoms with Gasteiger partial charge < -0.3 is 4.98 Å². The molecule has 0 atom stereocenters. The molecule has 3 heteroatoms. The van der Waals surface area contributed by atoms with E-state index in [1.165, 1.54) is 12.1 Å². The van der Waals surface area contributed by atoms with Gasteiger partial charge in [-0.3, -0.25) is 4.79 Å². The van der Waals surface area contributed by atoms with Crippen molar-refractivity contribution in [2.75, 3.05) is 0 Å². The van der Waals surface area contributed by atoms with Crippen molar-refractivity contribution in [3.8, 4) is 0 Å². The number of H-pyrrole nitrogens is 1. The summed E-state index contributed by atoms with van der Waals surface area (Å²) in [5.41, 5.74) is 2.46. The van der Waals surface area contributed by atoms with Crippen molar-refractivity contribution in [1.29, 1.82) is 0 Å². The van der Waals surface area contributed by atoms with Crippen molar-refractivity contribution in [2.24, 2.45) is 0 Å². The molecule has 2 rings (SSSR count). The van der Waals surface area contributed by atoms with E-state index in [4.69, 9.17) is 0 Å². The fourth-order valence-electron chi connectivity index (χ4n) is 1.62. The van der Waals surface area contributed by atoms with E-state index in [0.29, 0.717) is 12.0 Å². The van der Waals surface area contributed by atoms with Gasteiger partial charge in [-0.25, -0.2) is 4.39 Å². The number of hydrogen-bond donors (Lipinski definition) is 1. The van der Waals surface area contributed by atoms with Crippen LogP contribution in [0.15, 0.2) is 36.7 Å². The number of aryl methyl sites for hydroxylation is 1. The first kappa shape index (κ1) is 10.6. The molecular formula is C13H12FNO. The van der Waals surface area contributed by atoms with Crippen LogP contribution in [0.5, 0.6) is 0 Å². The Morgan fingerprint density at radius 3 is 2.50 bits per heavy atom. The van der Waals surface area contributed by atoms with Crippen molar-refractivity contribution >= 4 is 5.78 Å². The average Bonchev–Trinajstić information content (AvgIpc) is 2.68. The molecule has 0 radical (unpaired) electrons. The van der Waals surface area contributed by atoms with Gasteiger partial charge in [-0.15, -0.1) is 0 Å². The predicted octanol–water partition coefficient (Wildman–Crippen LogP) is 2.89. The Labute approximate surface area is 93.1 Å². The van der Waals surface area contributed by atoms with Crippen LogP contribution in [0, 0.1) is 12.7 Å². The monoisotopic (exact) mass is 217 g/mol. The Bertz CT molecular complexity index is 499. The molecule has 0 saturated carbocycles. The van der Waals surface area contributed by atoms with E-state index in [9.17, 15) is 9.18 Å².